The zero-order chi connectivity index (χ0) is 19.1. The molecule has 3 rings (SSSR count). The molecule has 0 unspecified atom stereocenters. The van der Waals surface area contributed by atoms with Gasteiger partial charge in [0, 0.05) is 38.0 Å². The Bertz CT molecular complexity index is 794. The Morgan fingerprint density at radius 2 is 1.96 bits per heavy atom. The monoisotopic (exact) mass is 363 g/mol. The van der Waals surface area contributed by atoms with Crippen molar-refractivity contribution in [1.82, 2.24) is 0 Å². The zero-order valence-electron chi connectivity index (χ0n) is 15.6. The fourth-order valence-electron chi connectivity index (χ4n) is 3.35. The van der Waals surface area contributed by atoms with Crippen molar-refractivity contribution >= 4 is 17.3 Å². The van der Waals surface area contributed by atoms with E-state index in [-0.39, 0.29) is 5.91 Å². The number of hydrogen-bond donors (Lipinski definition) is 1. The summed E-state index contributed by atoms with van der Waals surface area (Å²) in [5.41, 5.74) is 3.65. The van der Waals surface area contributed by atoms with Gasteiger partial charge in [-0.25, -0.2) is 0 Å². The second kappa shape index (κ2) is 9.20. The van der Waals surface area contributed by atoms with Crippen LogP contribution in [0.25, 0.3) is 0 Å². The number of nitrogens with one attached hydrogen (secondary N) is 1. The van der Waals surface area contributed by atoms with E-state index in [1.54, 1.807) is 19.2 Å². The molecule has 1 aliphatic rings. The molecule has 1 heterocycles. The molecule has 1 amide bonds. The molecule has 1 atom stereocenters. The van der Waals surface area contributed by atoms with E-state index in [0.29, 0.717) is 24.5 Å². The Balaban J connectivity index is 1.50. The molecule has 2 aromatic rings. The fourth-order valence-corrected chi connectivity index (χ4v) is 3.35. The van der Waals surface area contributed by atoms with Gasteiger partial charge in [0.25, 0.3) is 0 Å². The molecule has 0 spiro atoms. The highest BCUT2D eigenvalue weighted by atomic mass is 16.5. The highest BCUT2D eigenvalue weighted by molar-refractivity contribution is 5.91. The van der Waals surface area contributed by atoms with Crippen LogP contribution in [0.3, 0.4) is 0 Å². The Morgan fingerprint density at radius 1 is 1.22 bits per heavy atom. The van der Waals surface area contributed by atoms with Gasteiger partial charge in [-0.15, -0.1) is 0 Å². The van der Waals surface area contributed by atoms with Crippen molar-refractivity contribution in [2.45, 2.75) is 31.8 Å². The SMILES string of the molecule is CO[C@H]1CCCN(c2ccc(NC(=O)CCc3ccc(C#N)cc3)cc2)C1. The molecular formula is C22H25N3O2. The molecule has 0 aliphatic carbocycles. The van der Waals surface area contributed by atoms with E-state index in [1.807, 2.05) is 36.4 Å². The van der Waals surface area contributed by atoms with E-state index < -0.39 is 0 Å². The van der Waals surface area contributed by atoms with Crippen LogP contribution in [0.5, 0.6) is 0 Å². The van der Waals surface area contributed by atoms with E-state index in [1.165, 1.54) is 0 Å². The van der Waals surface area contributed by atoms with Crippen molar-refractivity contribution in [2.75, 3.05) is 30.4 Å². The molecule has 0 radical (unpaired) electrons. The maximum Gasteiger partial charge on any atom is 0.224 e. The van der Waals surface area contributed by atoms with Crippen molar-refractivity contribution in [1.29, 1.82) is 5.26 Å². The highest BCUT2D eigenvalue weighted by Gasteiger charge is 2.19. The molecule has 5 nitrogen and oxygen atoms in total. The molecule has 27 heavy (non-hydrogen) atoms. The lowest BCUT2D eigenvalue weighted by atomic mass is 10.1. The lowest BCUT2D eigenvalue weighted by molar-refractivity contribution is -0.116. The first-order valence-electron chi connectivity index (χ1n) is 9.34. The Hall–Kier alpha value is -2.84. The number of amides is 1. The predicted octanol–water partition coefficient (Wildman–Crippen LogP) is 3.74. The first-order valence-corrected chi connectivity index (χ1v) is 9.34. The third-order valence-corrected chi connectivity index (χ3v) is 4.95. The van der Waals surface area contributed by atoms with Gasteiger partial charge < -0.3 is 15.0 Å². The lowest BCUT2D eigenvalue weighted by Crippen LogP contribution is -2.39. The smallest absolute Gasteiger partial charge is 0.224 e. The highest BCUT2D eigenvalue weighted by Crippen LogP contribution is 2.23. The molecule has 5 heteroatoms. The summed E-state index contributed by atoms with van der Waals surface area (Å²) in [6.07, 6.45) is 3.60. The van der Waals surface area contributed by atoms with Gasteiger partial charge in [-0.3, -0.25) is 4.79 Å². The summed E-state index contributed by atoms with van der Waals surface area (Å²) in [5.74, 6) is -0.00970. The number of methoxy groups -OCH3 is 1. The number of carbonyl (C=O) groups is 1. The van der Waals surface area contributed by atoms with Crippen LogP contribution in [0, 0.1) is 11.3 Å². The third-order valence-electron chi connectivity index (χ3n) is 4.95. The molecule has 0 saturated carbocycles. The maximum absolute atomic E-state index is 12.2. The molecule has 2 aromatic carbocycles. The van der Waals surface area contributed by atoms with Crippen molar-refractivity contribution in [3.05, 3.63) is 59.7 Å². The van der Waals surface area contributed by atoms with E-state index >= 15 is 0 Å². The summed E-state index contributed by atoms with van der Waals surface area (Å²) >= 11 is 0. The summed E-state index contributed by atoms with van der Waals surface area (Å²) in [4.78, 5) is 14.5. The molecule has 1 N–H and O–H groups in total. The lowest BCUT2D eigenvalue weighted by Gasteiger charge is -2.33. The van der Waals surface area contributed by atoms with E-state index in [9.17, 15) is 4.79 Å². The number of piperidine rings is 1. The summed E-state index contributed by atoms with van der Waals surface area (Å²) in [6, 6.07) is 17.4. The largest absolute Gasteiger partial charge is 0.380 e. The van der Waals surface area contributed by atoms with Gasteiger partial charge in [0.2, 0.25) is 5.91 Å². The number of aryl methyl sites for hydroxylation is 1. The van der Waals surface area contributed by atoms with Crippen LogP contribution in [0.1, 0.15) is 30.4 Å². The minimum atomic E-state index is -0.00970. The number of hydrogen-bond acceptors (Lipinski definition) is 4. The van der Waals surface area contributed by atoms with E-state index in [4.69, 9.17) is 10.00 Å². The molecule has 1 saturated heterocycles. The zero-order valence-corrected chi connectivity index (χ0v) is 15.6. The third kappa shape index (κ3) is 5.32. The molecule has 0 bridgehead atoms. The Kier molecular flexibility index (Phi) is 6.45. The molecule has 140 valence electrons. The number of ether oxygens (including phenoxy) is 1. The standard InChI is InChI=1S/C22H25N3O2/c1-27-21-3-2-14-25(16-21)20-11-9-19(10-12-20)24-22(26)13-8-17-4-6-18(15-23)7-5-17/h4-7,9-12,21H,2-3,8,13-14,16H2,1H3,(H,24,26)/t21-/m0/s1. The van der Waals surface area contributed by atoms with E-state index in [2.05, 4.69) is 16.3 Å². The van der Waals surface area contributed by atoms with Gasteiger partial charge in [0.15, 0.2) is 0 Å². The second-order valence-corrected chi connectivity index (χ2v) is 6.85. The first kappa shape index (κ1) is 18.9. The van der Waals surface area contributed by atoms with E-state index in [0.717, 1.165) is 42.9 Å². The summed E-state index contributed by atoms with van der Waals surface area (Å²) in [7, 11) is 1.77. The van der Waals surface area contributed by atoms with Crippen LogP contribution < -0.4 is 10.2 Å². The number of nitrogens with zero attached hydrogens (tertiary/aromatic N) is 2. The van der Waals surface area contributed by atoms with Crippen molar-refractivity contribution in [2.24, 2.45) is 0 Å². The minimum Gasteiger partial charge on any atom is -0.380 e. The van der Waals surface area contributed by atoms with Gasteiger partial charge in [-0.05, 0) is 61.2 Å². The summed E-state index contributed by atoms with van der Waals surface area (Å²) in [6.45, 7) is 1.95. The first-order chi connectivity index (χ1) is 13.2. The predicted molar refractivity (Wildman–Crippen MR) is 107 cm³/mol. The van der Waals surface area contributed by atoms with Gasteiger partial charge in [0.1, 0.15) is 0 Å². The molecule has 0 aromatic heterocycles. The maximum atomic E-state index is 12.2. The topological polar surface area (TPSA) is 65.4 Å². The number of benzene rings is 2. The molecule has 1 aliphatic heterocycles. The summed E-state index contributed by atoms with van der Waals surface area (Å²) < 4.78 is 5.48. The van der Waals surface area contributed by atoms with Crippen molar-refractivity contribution in [3.8, 4) is 6.07 Å². The van der Waals surface area contributed by atoms with Crippen LogP contribution in [0.4, 0.5) is 11.4 Å². The Labute approximate surface area is 160 Å². The molecule has 1 fully saturated rings. The van der Waals surface area contributed by atoms with Crippen LogP contribution >= 0.6 is 0 Å². The minimum absolute atomic E-state index is 0.00970. The number of nitriles is 1. The normalized spacial score (nSPS) is 16.6. The van der Waals surface area contributed by atoms with Gasteiger partial charge in [0.05, 0.1) is 17.7 Å². The number of rotatable bonds is 6. The quantitative estimate of drug-likeness (QED) is 0.849. The fraction of sp³-hybridized carbons (Fsp3) is 0.364. The number of anilines is 2. The Morgan fingerprint density at radius 3 is 2.63 bits per heavy atom. The second-order valence-electron chi connectivity index (χ2n) is 6.85. The van der Waals surface area contributed by atoms with Crippen LogP contribution in [0.15, 0.2) is 48.5 Å². The van der Waals surface area contributed by atoms with Gasteiger partial charge in [-0.1, -0.05) is 12.1 Å². The van der Waals surface area contributed by atoms with Crippen LogP contribution in [0.2, 0.25) is 0 Å². The number of carbonyl (C=O) groups excluding carboxylic acids is 1. The van der Waals surface area contributed by atoms with Crippen molar-refractivity contribution in [3.63, 3.8) is 0 Å². The van der Waals surface area contributed by atoms with Crippen molar-refractivity contribution < 1.29 is 9.53 Å². The van der Waals surface area contributed by atoms with Gasteiger partial charge in [-0.2, -0.15) is 5.26 Å². The van der Waals surface area contributed by atoms with Gasteiger partial charge >= 0.3 is 0 Å². The van der Waals surface area contributed by atoms with Crippen LogP contribution in [-0.4, -0.2) is 32.2 Å². The summed E-state index contributed by atoms with van der Waals surface area (Å²) in [5, 5.41) is 11.8. The molecular weight excluding hydrogens is 338 g/mol. The average Bonchev–Trinajstić information content (AvgIpc) is 2.73. The van der Waals surface area contributed by atoms with Crippen LogP contribution in [-0.2, 0) is 16.0 Å². The average molecular weight is 363 g/mol.